The third-order valence-electron chi connectivity index (χ3n) is 5.82. The number of carbonyl (C=O) groups excluding carboxylic acids is 2. The first kappa shape index (κ1) is 23.4. The number of carboxylic acids is 1. The molecule has 13 nitrogen and oxygen atoms in total. The summed E-state index contributed by atoms with van der Waals surface area (Å²) in [6, 6.07) is -0.902. The van der Waals surface area contributed by atoms with Crippen molar-refractivity contribution in [3.63, 3.8) is 0 Å². The van der Waals surface area contributed by atoms with E-state index in [1.807, 2.05) is 0 Å². The molecule has 178 valence electrons. The number of nitrogen functional groups attached to an aromatic ring is 1. The van der Waals surface area contributed by atoms with Crippen LogP contribution in [0.25, 0.3) is 0 Å². The number of nitrogens with zero attached hydrogens (tertiary/aromatic N) is 5. The fourth-order valence-electron chi connectivity index (χ4n) is 4.17. The number of hydrogen-bond acceptors (Lipinski definition) is 11. The average molecular weight is 498 g/mol. The minimum atomic E-state index is -1.14. The van der Waals surface area contributed by atoms with Crippen molar-refractivity contribution in [2.45, 2.75) is 11.4 Å². The molecule has 3 aliphatic heterocycles. The van der Waals surface area contributed by atoms with Gasteiger partial charge in [0.2, 0.25) is 11.5 Å². The summed E-state index contributed by atoms with van der Waals surface area (Å²) < 4.78 is 4.67. The molecule has 4 heterocycles. The van der Waals surface area contributed by atoms with Crippen LogP contribution in [0.4, 0.5) is 5.13 Å². The molecule has 1 aromatic heterocycles. The van der Waals surface area contributed by atoms with Gasteiger partial charge in [-0.25, -0.2) is 4.79 Å². The zero-order chi connectivity index (χ0) is 23.8. The minimum Gasteiger partial charge on any atom is -0.477 e. The lowest BCUT2D eigenvalue weighted by molar-refractivity contribution is -0.906. The topological polar surface area (TPSA) is 172 Å². The number of nitrogens with one attached hydrogen (secondary N) is 2. The van der Waals surface area contributed by atoms with Gasteiger partial charge in [0, 0.05) is 35.9 Å². The zero-order valence-electron chi connectivity index (χ0n) is 18.1. The molecule has 33 heavy (non-hydrogen) atoms. The van der Waals surface area contributed by atoms with Crippen LogP contribution in [-0.4, -0.2) is 111 Å². The summed E-state index contributed by atoms with van der Waals surface area (Å²) >= 11 is 2.33. The quantitative estimate of drug-likeness (QED) is 0.147. The maximum atomic E-state index is 12.9. The number of nitrogens with two attached hydrogens (primary N) is 1. The Bertz CT molecular complexity index is 1030. The Morgan fingerprint density at radius 3 is 2.76 bits per heavy atom. The molecule has 2 atom stereocenters. The molecule has 0 aromatic carbocycles. The summed E-state index contributed by atoms with van der Waals surface area (Å²) in [7, 11) is 3.37. The van der Waals surface area contributed by atoms with E-state index in [0.29, 0.717) is 16.8 Å². The van der Waals surface area contributed by atoms with Crippen LogP contribution >= 0.6 is 23.3 Å². The number of carboxylic acid groups (broad SMARTS) is 1. The second-order valence-corrected chi connectivity index (χ2v) is 10.1. The summed E-state index contributed by atoms with van der Waals surface area (Å²) in [5, 5.41) is 19.1. The van der Waals surface area contributed by atoms with Gasteiger partial charge in [-0.05, 0) is 0 Å². The maximum Gasteiger partial charge on any atom is 0.352 e. The van der Waals surface area contributed by atoms with E-state index in [9.17, 15) is 19.5 Å². The summed E-state index contributed by atoms with van der Waals surface area (Å²) in [4.78, 5) is 47.8. The van der Waals surface area contributed by atoms with Crippen molar-refractivity contribution in [1.82, 2.24) is 24.9 Å². The third kappa shape index (κ3) is 4.53. The van der Waals surface area contributed by atoms with E-state index in [0.717, 1.165) is 43.3 Å². The van der Waals surface area contributed by atoms with Crippen molar-refractivity contribution in [2.24, 2.45) is 5.16 Å². The number of rotatable bonds is 7. The number of amides is 2. The van der Waals surface area contributed by atoms with E-state index in [4.69, 9.17) is 10.6 Å². The first-order chi connectivity index (χ1) is 15.7. The number of aliphatic carboxylic acids is 1. The van der Waals surface area contributed by atoms with Crippen LogP contribution in [0.3, 0.4) is 0 Å². The van der Waals surface area contributed by atoms with Gasteiger partial charge in [-0.1, -0.05) is 5.16 Å². The smallest absolute Gasteiger partial charge is 0.352 e. The van der Waals surface area contributed by atoms with Gasteiger partial charge in [-0.15, -0.1) is 11.8 Å². The SMILES string of the molecule is CON=C(C(=O)N[C@@H]1C(=O)N2C(C(=O)O)=C(C[N+]3(C)CCNCC3)CS[C@H]12)c1nsc(N)n1. The number of fused-ring (bicyclic) bond motifs is 1. The molecule has 2 saturated heterocycles. The number of thioether (sulfide) groups is 1. The fraction of sp³-hybridized carbons (Fsp3) is 0.556. The highest BCUT2D eigenvalue weighted by atomic mass is 32.2. The molecule has 0 saturated carbocycles. The molecular formula is C18H25N8O5S2+. The highest BCUT2D eigenvalue weighted by Gasteiger charge is 2.55. The molecule has 4 rings (SSSR count). The number of oxime groups is 1. The first-order valence-corrected chi connectivity index (χ1v) is 12.0. The van der Waals surface area contributed by atoms with E-state index in [-0.39, 0.29) is 22.4 Å². The minimum absolute atomic E-state index is 0.0156. The van der Waals surface area contributed by atoms with Gasteiger partial charge in [-0.3, -0.25) is 14.5 Å². The highest BCUT2D eigenvalue weighted by molar-refractivity contribution is 8.00. The lowest BCUT2D eigenvalue weighted by Crippen LogP contribution is -2.71. The van der Waals surface area contributed by atoms with Gasteiger partial charge in [-0.2, -0.15) is 9.36 Å². The molecule has 1 aromatic rings. The van der Waals surface area contributed by atoms with Crippen molar-refractivity contribution in [3.05, 3.63) is 17.1 Å². The predicted octanol–water partition coefficient (Wildman–Crippen LogP) is -1.74. The van der Waals surface area contributed by atoms with E-state index >= 15 is 0 Å². The highest BCUT2D eigenvalue weighted by Crippen LogP contribution is 2.41. The molecule has 2 fully saturated rings. The Balaban J connectivity index is 1.51. The second-order valence-electron chi connectivity index (χ2n) is 8.17. The standard InChI is InChI=1S/C18H24N8O5S2/c1-26(5-3-20-4-6-26)7-9-8-32-16-11(15(28)25(16)12(9)17(29)30)21-14(27)10(23-31-2)13-22-18(19)33-24-13/h11,16,20H,3-8H2,1-2H3,(H3-,19,21,22,24,27,29,30)/p+1/t11-,16-/m1/s1. The summed E-state index contributed by atoms with van der Waals surface area (Å²) in [5.41, 5.74) is 6.11. The molecule has 0 unspecified atom stereocenters. The Hall–Kier alpha value is -2.75. The largest absolute Gasteiger partial charge is 0.477 e. The molecule has 15 heteroatoms. The molecule has 0 aliphatic carbocycles. The average Bonchev–Trinajstić information content (AvgIpc) is 3.21. The maximum absolute atomic E-state index is 12.9. The third-order valence-corrected chi connectivity index (χ3v) is 7.70. The number of piperazine rings is 1. The molecule has 0 spiro atoms. The van der Waals surface area contributed by atoms with E-state index in [1.54, 1.807) is 0 Å². The number of anilines is 1. The Morgan fingerprint density at radius 2 is 2.15 bits per heavy atom. The first-order valence-electron chi connectivity index (χ1n) is 10.2. The van der Waals surface area contributed by atoms with Crippen LogP contribution in [0.15, 0.2) is 16.4 Å². The lowest BCUT2D eigenvalue weighted by Gasteiger charge is -2.50. The van der Waals surface area contributed by atoms with Crippen molar-refractivity contribution in [3.8, 4) is 0 Å². The molecule has 3 aliphatic rings. The van der Waals surface area contributed by atoms with Gasteiger partial charge in [0.1, 0.15) is 30.8 Å². The molecule has 0 bridgehead atoms. The van der Waals surface area contributed by atoms with Gasteiger partial charge in [0.05, 0.1) is 20.1 Å². The summed E-state index contributed by atoms with van der Waals surface area (Å²) in [5.74, 6) is -1.88. The van der Waals surface area contributed by atoms with Gasteiger partial charge in [0.25, 0.3) is 11.8 Å². The monoisotopic (exact) mass is 497 g/mol. The Kier molecular flexibility index (Phi) is 6.56. The fourth-order valence-corrected chi connectivity index (χ4v) is 5.94. The van der Waals surface area contributed by atoms with E-state index < -0.39 is 29.2 Å². The molecule has 5 N–H and O–H groups in total. The second kappa shape index (κ2) is 9.24. The van der Waals surface area contributed by atoms with Crippen LogP contribution in [0.1, 0.15) is 5.82 Å². The number of hydrogen-bond donors (Lipinski definition) is 4. The number of carbonyl (C=O) groups is 3. The number of quaternary nitrogens is 1. The number of aromatic nitrogens is 2. The van der Waals surface area contributed by atoms with Crippen LogP contribution in [0.2, 0.25) is 0 Å². The van der Waals surface area contributed by atoms with Crippen molar-refractivity contribution in [1.29, 1.82) is 0 Å². The van der Waals surface area contributed by atoms with Crippen molar-refractivity contribution >= 4 is 51.9 Å². The van der Waals surface area contributed by atoms with E-state index in [2.05, 4.69) is 32.2 Å². The van der Waals surface area contributed by atoms with Crippen molar-refractivity contribution < 1.29 is 28.8 Å². The van der Waals surface area contributed by atoms with Gasteiger partial charge >= 0.3 is 5.97 Å². The zero-order valence-corrected chi connectivity index (χ0v) is 19.7. The summed E-state index contributed by atoms with van der Waals surface area (Å²) in [6.45, 7) is 4.06. The molecule has 2 amide bonds. The molecule has 0 radical (unpaired) electrons. The lowest BCUT2D eigenvalue weighted by atomic mass is 10.0. The predicted molar refractivity (Wildman–Crippen MR) is 121 cm³/mol. The van der Waals surface area contributed by atoms with Crippen LogP contribution in [0, 0.1) is 0 Å². The molecular weight excluding hydrogens is 472 g/mol. The summed E-state index contributed by atoms with van der Waals surface area (Å²) in [6.07, 6.45) is 0. The Labute approximate surface area is 197 Å². The Morgan fingerprint density at radius 1 is 1.42 bits per heavy atom. The van der Waals surface area contributed by atoms with Crippen LogP contribution in [-0.2, 0) is 19.2 Å². The number of β-lactam (4-membered cyclic amide) rings is 1. The van der Waals surface area contributed by atoms with Gasteiger partial charge < -0.3 is 30.8 Å². The number of likely N-dealkylation sites (N-methyl/N-ethyl adjacent to an activating group) is 1. The van der Waals surface area contributed by atoms with E-state index in [1.165, 1.54) is 23.8 Å². The van der Waals surface area contributed by atoms with Gasteiger partial charge in [0.15, 0.2) is 5.13 Å². The normalized spacial score (nSPS) is 24.7. The van der Waals surface area contributed by atoms with Crippen molar-refractivity contribution in [2.75, 3.05) is 58.4 Å². The van der Waals surface area contributed by atoms with Crippen LogP contribution in [0.5, 0.6) is 0 Å². The van der Waals surface area contributed by atoms with Crippen LogP contribution < -0.4 is 16.4 Å².